The molecule has 0 bridgehead atoms. The summed E-state index contributed by atoms with van der Waals surface area (Å²) in [6.07, 6.45) is 9.88. The number of carbonyl (C=O) groups excluding carboxylic acids is 2. The maximum Gasteiger partial charge on any atom is 0.226 e. The van der Waals surface area contributed by atoms with Gasteiger partial charge in [0.1, 0.15) is 9.84 Å². The standard InChI is InChI=1S/C22H36N2O4S/c1-14-13-23(22(26)16-7-8-16)21-12-18(9-10-20(21)24(14)15(2)25)17-5-4-6-19(11-17)29(3,27)28/h14,16-21H,4-13H2,1-3H3/t14-,17?,18?,19?,20?,21?/m0/s1. The van der Waals surface area contributed by atoms with Gasteiger partial charge < -0.3 is 9.80 Å². The van der Waals surface area contributed by atoms with Crippen LogP contribution in [0.15, 0.2) is 0 Å². The Hall–Kier alpha value is -1.11. The fourth-order valence-corrected chi connectivity index (χ4v) is 7.64. The van der Waals surface area contributed by atoms with Crippen LogP contribution in [0.3, 0.4) is 0 Å². The van der Waals surface area contributed by atoms with Crippen LogP contribution in [0, 0.1) is 17.8 Å². The molecule has 1 saturated heterocycles. The van der Waals surface area contributed by atoms with Gasteiger partial charge in [-0.1, -0.05) is 12.8 Å². The molecule has 2 amide bonds. The molecule has 6 nitrogen and oxygen atoms in total. The van der Waals surface area contributed by atoms with Crippen molar-refractivity contribution in [1.29, 1.82) is 0 Å². The lowest BCUT2D eigenvalue weighted by molar-refractivity contribution is -0.155. The van der Waals surface area contributed by atoms with Crippen molar-refractivity contribution >= 4 is 21.7 Å². The highest BCUT2D eigenvalue weighted by Crippen LogP contribution is 2.44. The van der Waals surface area contributed by atoms with Gasteiger partial charge in [0, 0.05) is 31.7 Å². The van der Waals surface area contributed by atoms with Crippen LogP contribution in [0.2, 0.25) is 0 Å². The highest BCUT2D eigenvalue weighted by molar-refractivity contribution is 7.91. The number of fused-ring (bicyclic) bond motifs is 1. The smallest absolute Gasteiger partial charge is 0.226 e. The molecule has 7 heteroatoms. The number of sulfone groups is 1. The quantitative estimate of drug-likeness (QED) is 0.698. The van der Waals surface area contributed by atoms with Gasteiger partial charge in [0.25, 0.3) is 0 Å². The Bertz CT molecular complexity index is 763. The van der Waals surface area contributed by atoms with Crippen molar-refractivity contribution in [3.63, 3.8) is 0 Å². The zero-order valence-corrected chi connectivity index (χ0v) is 18.9. The van der Waals surface area contributed by atoms with Gasteiger partial charge >= 0.3 is 0 Å². The fraction of sp³-hybridized carbons (Fsp3) is 0.909. The SMILES string of the molecule is CC(=O)N1C2CCC(C3CCCC(S(C)(=O)=O)C3)CC2N(C(=O)C2CC2)C[C@@H]1C. The second-order valence-electron chi connectivity index (χ2n) is 10.1. The Kier molecular flexibility index (Phi) is 5.73. The van der Waals surface area contributed by atoms with Gasteiger partial charge in [0.15, 0.2) is 0 Å². The van der Waals surface area contributed by atoms with Crippen molar-refractivity contribution < 1.29 is 18.0 Å². The summed E-state index contributed by atoms with van der Waals surface area (Å²) in [5.41, 5.74) is 0. The summed E-state index contributed by atoms with van der Waals surface area (Å²) in [5.74, 6) is 1.47. The summed E-state index contributed by atoms with van der Waals surface area (Å²) >= 11 is 0. The Balaban J connectivity index is 1.53. The third-order valence-electron chi connectivity index (χ3n) is 8.03. The molecule has 6 atom stereocenters. The number of hydrogen-bond acceptors (Lipinski definition) is 4. The highest BCUT2D eigenvalue weighted by Gasteiger charge is 2.49. The maximum atomic E-state index is 13.0. The van der Waals surface area contributed by atoms with Gasteiger partial charge in [0.05, 0.1) is 17.3 Å². The summed E-state index contributed by atoms with van der Waals surface area (Å²) in [7, 11) is -2.99. The first-order chi connectivity index (χ1) is 13.7. The molecule has 1 heterocycles. The van der Waals surface area contributed by atoms with Crippen LogP contribution in [0.1, 0.15) is 71.6 Å². The average Bonchev–Trinajstić information content (AvgIpc) is 3.51. The lowest BCUT2D eigenvalue weighted by atomic mass is 9.69. The van der Waals surface area contributed by atoms with E-state index in [0.717, 1.165) is 57.8 Å². The lowest BCUT2D eigenvalue weighted by Crippen LogP contribution is -2.67. The number of hydrogen-bond donors (Lipinski definition) is 0. The summed E-state index contributed by atoms with van der Waals surface area (Å²) in [4.78, 5) is 29.6. The van der Waals surface area contributed by atoms with Crippen molar-refractivity contribution in [1.82, 2.24) is 9.80 Å². The van der Waals surface area contributed by atoms with Crippen LogP contribution in [0.4, 0.5) is 0 Å². The molecule has 1 aliphatic heterocycles. The van der Waals surface area contributed by atoms with E-state index in [2.05, 4.69) is 11.8 Å². The van der Waals surface area contributed by atoms with Gasteiger partial charge in [-0.05, 0) is 63.7 Å². The predicted octanol–water partition coefficient (Wildman–Crippen LogP) is 2.62. The summed E-state index contributed by atoms with van der Waals surface area (Å²) in [5, 5.41) is -0.205. The topological polar surface area (TPSA) is 74.8 Å². The second kappa shape index (κ2) is 7.86. The molecule has 4 aliphatic rings. The summed E-state index contributed by atoms with van der Waals surface area (Å²) < 4.78 is 24.2. The molecule has 5 unspecified atom stereocenters. The van der Waals surface area contributed by atoms with Crippen LogP contribution in [-0.2, 0) is 19.4 Å². The van der Waals surface area contributed by atoms with Crippen molar-refractivity contribution in [3.05, 3.63) is 0 Å². The fourth-order valence-electron chi connectivity index (χ4n) is 6.44. The molecule has 0 radical (unpaired) electrons. The molecule has 29 heavy (non-hydrogen) atoms. The van der Waals surface area contributed by atoms with Crippen LogP contribution in [0.25, 0.3) is 0 Å². The van der Waals surface area contributed by atoms with Gasteiger partial charge in [-0.2, -0.15) is 0 Å². The second-order valence-corrected chi connectivity index (χ2v) is 12.5. The van der Waals surface area contributed by atoms with Crippen LogP contribution < -0.4 is 0 Å². The normalized spacial score (nSPS) is 38.4. The zero-order valence-electron chi connectivity index (χ0n) is 18.0. The van der Waals surface area contributed by atoms with Gasteiger partial charge in [-0.15, -0.1) is 0 Å². The van der Waals surface area contributed by atoms with Crippen LogP contribution >= 0.6 is 0 Å². The molecule has 3 aliphatic carbocycles. The summed E-state index contributed by atoms with van der Waals surface area (Å²) in [6, 6.07) is 0.280. The number of piperazine rings is 1. The van der Waals surface area contributed by atoms with E-state index in [4.69, 9.17) is 0 Å². The Morgan fingerprint density at radius 1 is 0.897 bits per heavy atom. The minimum atomic E-state index is -2.99. The average molecular weight is 425 g/mol. The van der Waals surface area contributed by atoms with E-state index in [1.165, 1.54) is 6.26 Å². The molecule has 0 aromatic rings. The summed E-state index contributed by atoms with van der Waals surface area (Å²) in [6.45, 7) is 4.35. The predicted molar refractivity (Wildman–Crippen MR) is 112 cm³/mol. The molecule has 0 aromatic carbocycles. The molecular formula is C22H36N2O4S. The minimum Gasteiger partial charge on any atom is -0.335 e. The maximum absolute atomic E-state index is 13.0. The van der Waals surface area contributed by atoms with Crippen molar-refractivity contribution in [3.8, 4) is 0 Å². The zero-order chi connectivity index (χ0) is 20.9. The number of carbonyl (C=O) groups is 2. The van der Waals surface area contributed by atoms with Gasteiger partial charge in [-0.3, -0.25) is 9.59 Å². The molecule has 0 N–H and O–H groups in total. The van der Waals surface area contributed by atoms with E-state index in [1.54, 1.807) is 6.92 Å². The third kappa shape index (κ3) is 4.21. The van der Waals surface area contributed by atoms with E-state index in [1.807, 2.05) is 4.90 Å². The Morgan fingerprint density at radius 3 is 2.21 bits per heavy atom. The van der Waals surface area contributed by atoms with Gasteiger partial charge in [-0.25, -0.2) is 8.42 Å². The van der Waals surface area contributed by atoms with Crippen LogP contribution in [0.5, 0.6) is 0 Å². The highest BCUT2D eigenvalue weighted by atomic mass is 32.2. The molecule has 4 fully saturated rings. The Morgan fingerprint density at radius 2 is 1.59 bits per heavy atom. The van der Waals surface area contributed by atoms with E-state index in [-0.39, 0.29) is 41.1 Å². The molecule has 3 saturated carbocycles. The third-order valence-corrected chi connectivity index (χ3v) is 9.67. The molecule has 0 spiro atoms. The van der Waals surface area contributed by atoms with Crippen molar-refractivity contribution in [2.24, 2.45) is 17.8 Å². The molecular weight excluding hydrogens is 388 g/mol. The first kappa shape index (κ1) is 21.1. The van der Waals surface area contributed by atoms with Gasteiger partial charge in [0.2, 0.25) is 11.8 Å². The number of amides is 2. The monoisotopic (exact) mass is 424 g/mol. The van der Waals surface area contributed by atoms with E-state index in [0.29, 0.717) is 18.4 Å². The van der Waals surface area contributed by atoms with E-state index >= 15 is 0 Å². The minimum absolute atomic E-state index is 0.0669. The van der Waals surface area contributed by atoms with E-state index in [9.17, 15) is 18.0 Å². The van der Waals surface area contributed by atoms with Crippen molar-refractivity contribution in [2.75, 3.05) is 12.8 Å². The largest absolute Gasteiger partial charge is 0.335 e. The van der Waals surface area contributed by atoms with E-state index < -0.39 is 9.84 Å². The first-order valence-electron chi connectivity index (χ1n) is 11.4. The van der Waals surface area contributed by atoms with Crippen LogP contribution in [-0.4, -0.2) is 66.2 Å². The number of nitrogens with zero attached hydrogens (tertiary/aromatic N) is 2. The molecule has 4 rings (SSSR count). The molecule has 0 aromatic heterocycles. The van der Waals surface area contributed by atoms with Crippen molar-refractivity contribution in [2.45, 2.75) is 95.0 Å². The molecule has 164 valence electrons. The Labute approximate surface area is 175 Å². The lowest BCUT2D eigenvalue weighted by Gasteiger charge is -2.55. The number of rotatable bonds is 3. The first-order valence-corrected chi connectivity index (χ1v) is 13.4.